The predicted molar refractivity (Wildman–Crippen MR) is 94.9 cm³/mol. The number of carbonyl (C=O) groups is 1. The van der Waals surface area contributed by atoms with Crippen LogP contribution in [0.4, 0.5) is 11.4 Å². The van der Waals surface area contributed by atoms with Crippen molar-refractivity contribution in [2.45, 2.75) is 26.4 Å². The number of hydrogen-bond acceptors (Lipinski definition) is 4. The number of rotatable bonds is 5. The van der Waals surface area contributed by atoms with Gasteiger partial charge in [-0.3, -0.25) is 4.79 Å². The molecule has 5 nitrogen and oxygen atoms in total. The van der Waals surface area contributed by atoms with Gasteiger partial charge in [0.2, 0.25) is 0 Å². The molecule has 1 aliphatic heterocycles. The van der Waals surface area contributed by atoms with Gasteiger partial charge in [0.1, 0.15) is 11.5 Å². The highest BCUT2D eigenvalue weighted by molar-refractivity contribution is 5.98. The quantitative estimate of drug-likeness (QED) is 0.886. The van der Waals surface area contributed by atoms with E-state index in [1.54, 1.807) is 12.1 Å². The summed E-state index contributed by atoms with van der Waals surface area (Å²) < 4.78 is 5.79. The molecule has 126 valence electrons. The molecule has 2 N–H and O–H groups in total. The molecule has 1 unspecified atom stereocenters. The Balaban J connectivity index is 1.72. The Morgan fingerprint density at radius 2 is 1.83 bits per heavy atom. The molecule has 0 bridgehead atoms. The van der Waals surface area contributed by atoms with Crippen molar-refractivity contribution in [1.29, 1.82) is 0 Å². The number of amides is 1. The van der Waals surface area contributed by atoms with E-state index in [1.165, 1.54) is 11.8 Å². The lowest BCUT2D eigenvalue weighted by Crippen LogP contribution is -2.38. The third kappa shape index (κ3) is 3.30. The standard InChI is InChI=1S/C19H22N2O3/c1-3-21(4-2)14-7-5-13(6-8-14)11-18-19(23)20-16-12-15(22)9-10-17(16)24-18/h5-10,12,18,22H,3-4,11H2,1-2H3,(H,20,23). The molecule has 0 aromatic heterocycles. The fraction of sp³-hybridized carbons (Fsp3) is 0.316. The summed E-state index contributed by atoms with van der Waals surface area (Å²) in [5, 5.41) is 12.3. The smallest absolute Gasteiger partial charge is 0.265 e. The number of nitrogens with zero attached hydrogens (tertiary/aromatic N) is 1. The highest BCUT2D eigenvalue weighted by Crippen LogP contribution is 2.33. The molecule has 1 heterocycles. The van der Waals surface area contributed by atoms with Gasteiger partial charge in [0.15, 0.2) is 6.10 Å². The lowest BCUT2D eigenvalue weighted by Gasteiger charge is -2.26. The third-order valence-corrected chi connectivity index (χ3v) is 4.27. The monoisotopic (exact) mass is 326 g/mol. The van der Waals surface area contributed by atoms with Crippen molar-refractivity contribution in [3.8, 4) is 11.5 Å². The van der Waals surface area contributed by atoms with Gasteiger partial charge in [0, 0.05) is 31.3 Å². The average Bonchev–Trinajstić information content (AvgIpc) is 2.58. The van der Waals surface area contributed by atoms with E-state index in [9.17, 15) is 9.90 Å². The second-order valence-corrected chi connectivity index (χ2v) is 5.82. The summed E-state index contributed by atoms with van der Waals surface area (Å²) in [7, 11) is 0. The Hall–Kier alpha value is -2.69. The summed E-state index contributed by atoms with van der Waals surface area (Å²) in [6.45, 7) is 6.20. The first-order valence-corrected chi connectivity index (χ1v) is 8.25. The van der Waals surface area contributed by atoms with E-state index in [0.717, 1.165) is 18.7 Å². The molecule has 2 aromatic carbocycles. The van der Waals surface area contributed by atoms with Crippen LogP contribution in [0.5, 0.6) is 11.5 Å². The van der Waals surface area contributed by atoms with E-state index < -0.39 is 6.10 Å². The lowest BCUT2D eigenvalue weighted by atomic mass is 10.0. The molecule has 0 saturated heterocycles. The van der Waals surface area contributed by atoms with E-state index >= 15 is 0 Å². The zero-order chi connectivity index (χ0) is 17.1. The first-order chi connectivity index (χ1) is 11.6. The van der Waals surface area contributed by atoms with Crippen LogP contribution in [-0.2, 0) is 11.2 Å². The van der Waals surface area contributed by atoms with Crippen molar-refractivity contribution >= 4 is 17.3 Å². The summed E-state index contributed by atoms with van der Waals surface area (Å²) in [4.78, 5) is 14.5. The van der Waals surface area contributed by atoms with Gasteiger partial charge < -0.3 is 20.1 Å². The molecule has 5 heteroatoms. The number of phenols is 1. The maximum atomic E-state index is 12.2. The van der Waals surface area contributed by atoms with E-state index in [1.807, 2.05) is 12.1 Å². The molecule has 0 spiro atoms. The SMILES string of the molecule is CCN(CC)c1ccc(CC2Oc3ccc(O)cc3NC2=O)cc1. The molecule has 0 saturated carbocycles. The minimum atomic E-state index is -0.568. The molecule has 1 amide bonds. The van der Waals surface area contributed by atoms with Crippen LogP contribution in [0.3, 0.4) is 0 Å². The van der Waals surface area contributed by atoms with Crippen molar-refractivity contribution in [2.24, 2.45) is 0 Å². The molecule has 0 fully saturated rings. The second-order valence-electron chi connectivity index (χ2n) is 5.82. The number of anilines is 2. The van der Waals surface area contributed by atoms with Crippen LogP contribution in [0.2, 0.25) is 0 Å². The fourth-order valence-corrected chi connectivity index (χ4v) is 2.92. The zero-order valence-corrected chi connectivity index (χ0v) is 14.0. The zero-order valence-electron chi connectivity index (χ0n) is 14.0. The van der Waals surface area contributed by atoms with Gasteiger partial charge in [-0.2, -0.15) is 0 Å². The third-order valence-electron chi connectivity index (χ3n) is 4.27. The van der Waals surface area contributed by atoms with Crippen molar-refractivity contribution in [2.75, 3.05) is 23.3 Å². The molecule has 24 heavy (non-hydrogen) atoms. The summed E-state index contributed by atoms with van der Waals surface area (Å²) in [6.07, 6.45) is -0.0636. The maximum absolute atomic E-state index is 12.2. The number of benzene rings is 2. The van der Waals surface area contributed by atoms with Crippen molar-refractivity contribution in [3.05, 3.63) is 48.0 Å². The lowest BCUT2D eigenvalue weighted by molar-refractivity contribution is -0.123. The van der Waals surface area contributed by atoms with E-state index in [-0.39, 0.29) is 11.7 Å². The Morgan fingerprint density at radius 1 is 1.12 bits per heavy atom. The minimum absolute atomic E-state index is 0.100. The van der Waals surface area contributed by atoms with Crippen LogP contribution in [-0.4, -0.2) is 30.2 Å². The van der Waals surface area contributed by atoms with Crippen LogP contribution in [0, 0.1) is 0 Å². The van der Waals surface area contributed by atoms with Crippen molar-refractivity contribution < 1.29 is 14.6 Å². The molecular formula is C19H22N2O3. The van der Waals surface area contributed by atoms with Gasteiger partial charge in [-0.1, -0.05) is 12.1 Å². The van der Waals surface area contributed by atoms with Gasteiger partial charge in [-0.15, -0.1) is 0 Å². The predicted octanol–water partition coefficient (Wildman–Crippen LogP) is 3.18. The van der Waals surface area contributed by atoms with E-state index in [0.29, 0.717) is 17.9 Å². The fourth-order valence-electron chi connectivity index (χ4n) is 2.92. The van der Waals surface area contributed by atoms with Crippen molar-refractivity contribution in [3.63, 3.8) is 0 Å². The molecular weight excluding hydrogens is 304 g/mol. The van der Waals surface area contributed by atoms with Crippen LogP contribution in [0.25, 0.3) is 0 Å². The number of ether oxygens (including phenoxy) is 1. The number of carbonyl (C=O) groups excluding carboxylic acids is 1. The summed E-state index contributed by atoms with van der Waals surface area (Å²) in [5.41, 5.74) is 2.74. The van der Waals surface area contributed by atoms with Gasteiger partial charge >= 0.3 is 0 Å². The van der Waals surface area contributed by atoms with Crippen LogP contribution >= 0.6 is 0 Å². The maximum Gasteiger partial charge on any atom is 0.265 e. The van der Waals surface area contributed by atoms with Crippen LogP contribution in [0.15, 0.2) is 42.5 Å². The Morgan fingerprint density at radius 3 is 2.50 bits per heavy atom. The van der Waals surface area contributed by atoms with E-state index in [2.05, 4.69) is 36.2 Å². The first-order valence-electron chi connectivity index (χ1n) is 8.25. The number of hydrogen-bond donors (Lipinski definition) is 2. The second kappa shape index (κ2) is 6.83. The molecule has 2 aromatic rings. The molecule has 3 rings (SSSR count). The first kappa shape index (κ1) is 16.2. The normalized spacial score (nSPS) is 16.1. The number of phenolic OH excluding ortho intramolecular Hbond substituents is 1. The Kier molecular flexibility index (Phi) is 4.60. The highest BCUT2D eigenvalue weighted by atomic mass is 16.5. The van der Waals surface area contributed by atoms with Gasteiger partial charge in [-0.25, -0.2) is 0 Å². The Labute approximate surface area is 141 Å². The summed E-state index contributed by atoms with van der Waals surface area (Å²) in [6, 6.07) is 12.9. The number of nitrogens with one attached hydrogen (secondary N) is 1. The largest absolute Gasteiger partial charge is 0.508 e. The summed E-state index contributed by atoms with van der Waals surface area (Å²) >= 11 is 0. The molecule has 1 atom stereocenters. The minimum Gasteiger partial charge on any atom is -0.508 e. The van der Waals surface area contributed by atoms with Gasteiger partial charge in [0.25, 0.3) is 5.91 Å². The Bertz CT molecular complexity index is 724. The number of fused-ring (bicyclic) bond motifs is 1. The number of aromatic hydroxyl groups is 1. The van der Waals surface area contributed by atoms with Crippen LogP contribution in [0.1, 0.15) is 19.4 Å². The topological polar surface area (TPSA) is 61.8 Å². The van der Waals surface area contributed by atoms with Crippen molar-refractivity contribution in [1.82, 2.24) is 0 Å². The van der Waals surface area contributed by atoms with Gasteiger partial charge in [-0.05, 0) is 43.7 Å². The summed E-state index contributed by atoms with van der Waals surface area (Å²) in [5.74, 6) is 0.487. The average molecular weight is 326 g/mol. The molecule has 0 aliphatic carbocycles. The molecule has 0 radical (unpaired) electrons. The van der Waals surface area contributed by atoms with Gasteiger partial charge in [0.05, 0.1) is 5.69 Å². The highest BCUT2D eigenvalue weighted by Gasteiger charge is 2.28. The van der Waals surface area contributed by atoms with E-state index in [4.69, 9.17) is 4.74 Å². The molecule has 1 aliphatic rings. The van der Waals surface area contributed by atoms with Crippen LogP contribution < -0.4 is 15.0 Å².